The van der Waals surface area contributed by atoms with Crippen LogP contribution in [0.4, 0.5) is 0 Å². The second-order valence-electron chi connectivity index (χ2n) is 9.12. The van der Waals surface area contributed by atoms with Crippen LogP contribution in [0.5, 0.6) is 0 Å². The van der Waals surface area contributed by atoms with Crippen LogP contribution in [-0.2, 0) is 17.9 Å². The highest BCUT2D eigenvalue weighted by atomic mass is 16.4. The standard InChI is InChI=1S/C21H25NO2.C8H11N/c1-16-12-19(13-20(16)21(23)24)22(14-17-8-4-2-5-9-17)15-18-10-6-3-7-11-18;1-7(9)8-5-3-2-4-6-8/h2-11,16,19-20H,12-15H2,1H3,(H,23,24);2-7H,9H2,1H3/t16-,19+,20+;7-/m11/s1. The van der Waals surface area contributed by atoms with Crippen molar-refractivity contribution >= 4 is 5.97 Å². The van der Waals surface area contributed by atoms with Gasteiger partial charge in [-0.1, -0.05) is 97.9 Å². The zero-order chi connectivity index (χ0) is 23.6. The van der Waals surface area contributed by atoms with E-state index in [-0.39, 0.29) is 17.9 Å². The van der Waals surface area contributed by atoms with E-state index in [1.165, 1.54) is 16.7 Å². The summed E-state index contributed by atoms with van der Waals surface area (Å²) >= 11 is 0. The summed E-state index contributed by atoms with van der Waals surface area (Å²) < 4.78 is 0. The fraction of sp³-hybridized carbons (Fsp3) is 0.345. The molecule has 4 atom stereocenters. The van der Waals surface area contributed by atoms with Gasteiger partial charge >= 0.3 is 5.97 Å². The van der Waals surface area contributed by atoms with E-state index < -0.39 is 5.97 Å². The number of benzene rings is 3. The van der Waals surface area contributed by atoms with E-state index >= 15 is 0 Å². The number of hydrogen-bond acceptors (Lipinski definition) is 3. The monoisotopic (exact) mass is 444 g/mol. The Hall–Kier alpha value is -2.95. The molecule has 4 nitrogen and oxygen atoms in total. The van der Waals surface area contributed by atoms with Crippen LogP contribution in [0.15, 0.2) is 91.0 Å². The number of nitrogens with zero attached hydrogens (tertiary/aromatic N) is 1. The van der Waals surface area contributed by atoms with Gasteiger partial charge in [0, 0.05) is 25.2 Å². The minimum Gasteiger partial charge on any atom is -0.481 e. The predicted octanol–water partition coefficient (Wildman–Crippen LogP) is 5.89. The molecule has 0 unspecified atom stereocenters. The summed E-state index contributed by atoms with van der Waals surface area (Å²) in [5, 5.41) is 9.44. The molecule has 0 spiro atoms. The Balaban J connectivity index is 0.000000286. The first-order valence-corrected chi connectivity index (χ1v) is 11.8. The van der Waals surface area contributed by atoms with E-state index in [1.807, 2.05) is 49.4 Å². The maximum Gasteiger partial charge on any atom is 0.306 e. The van der Waals surface area contributed by atoms with Gasteiger partial charge in [0.1, 0.15) is 0 Å². The summed E-state index contributed by atoms with van der Waals surface area (Å²) in [4.78, 5) is 13.9. The molecule has 0 aliphatic heterocycles. The van der Waals surface area contributed by atoms with Crippen molar-refractivity contribution in [3.8, 4) is 0 Å². The largest absolute Gasteiger partial charge is 0.481 e. The normalized spacial score (nSPS) is 20.7. The van der Waals surface area contributed by atoms with Crippen LogP contribution in [0.2, 0.25) is 0 Å². The molecule has 1 aliphatic rings. The summed E-state index contributed by atoms with van der Waals surface area (Å²) in [6.07, 6.45) is 1.70. The SMILES string of the molecule is C[C@@H](N)c1ccccc1.C[C@@H]1C[C@H](N(Cc2ccccc2)Cc2ccccc2)C[C@@H]1C(=O)O. The van der Waals surface area contributed by atoms with Crippen molar-refractivity contribution < 1.29 is 9.90 Å². The van der Waals surface area contributed by atoms with E-state index in [4.69, 9.17) is 5.73 Å². The summed E-state index contributed by atoms with van der Waals surface area (Å²) in [5.74, 6) is -0.630. The molecule has 0 saturated heterocycles. The molecule has 1 saturated carbocycles. The van der Waals surface area contributed by atoms with Crippen molar-refractivity contribution in [1.29, 1.82) is 0 Å². The van der Waals surface area contributed by atoms with Crippen LogP contribution in [-0.4, -0.2) is 22.0 Å². The van der Waals surface area contributed by atoms with Crippen molar-refractivity contribution in [3.63, 3.8) is 0 Å². The molecule has 0 radical (unpaired) electrons. The Kier molecular flexibility index (Phi) is 9.23. The smallest absolute Gasteiger partial charge is 0.306 e. The zero-order valence-electron chi connectivity index (χ0n) is 19.7. The van der Waals surface area contributed by atoms with Crippen molar-refractivity contribution in [2.75, 3.05) is 0 Å². The molecule has 3 aromatic rings. The molecule has 3 N–H and O–H groups in total. The molecule has 0 heterocycles. The Morgan fingerprint density at radius 2 is 1.33 bits per heavy atom. The third-order valence-corrected chi connectivity index (χ3v) is 6.47. The summed E-state index contributed by atoms with van der Waals surface area (Å²) in [7, 11) is 0. The van der Waals surface area contributed by atoms with Gasteiger partial charge in [0.25, 0.3) is 0 Å². The summed E-state index contributed by atoms with van der Waals surface area (Å²) in [6.45, 7) is 5.77. The van der Waals surface area contributed by atoms with E-state index in [0.29, 0.717) is 6.04 Å². The number of aliphatic carboxylic acids is 1. The predicted molar refractivity (Wildman–Crippen MR) is 134 cm³/mol. The molecule has 3 aromatic carbocycles. The van der Waals surface area contributed by atoms with Crippen LogP contribution in [0.3, 0.4) is 0 Å². The Labute approximate surface area is 198 Å². The molecular weight excluding hydrogens is 408 g/mol. The van der Waals surface area contributed by atoms with Gasteiger partial charge in [-0.2, -0.15) is 0 Å². The molecule has 1 aliphatic carbocycles. The maximum absolute atomic E-state index is 11.5. The first-order valence-electron chi connectivity index (χ1n) is 11.8. The number of rotatable bonds is 7. The van der Waals surface area contributed by atoms with Crippen molar-refractivity contribution in [1.82, 2.24) is 4.90 Å². The lowest BCUT2D eigenvalue weighted by Crippen LogP contribution is -2.33. The fourth-order valence-corrected chi connectivity index (χ4v) is 4.56. The average Bonchev–Trinajstić information content (AvgIpc) is 3.23. The van der Waals surface area contributed by atoms with E-state index in [1.54, 1.807) is 0 Å². The molecule has 33 heavy (non-hydrogen) atoms. The van der Waals surface area contributed by atoms with E-state index in [0.717, 1.165) is 25.9 Å². The highest BCUT2D eigenvalue weighted by Gasteiger charge is 2.38. The van der Waals surface area contributed by atoms with Gasteiger partial charge in [-0.25, -0.2) is 0 Å². The average molecular weight is 445 g/mol. The molecule has 0 aromatic heterocycles. The summed E-state index contributed by atoms with van der Waals surface area (Å²) in [6, 6.07) is 31.4. The molecular formula is C29H36N2O2. The second-order valence-corrected chi connectivity index (χ2v) is 9.12. The van der Waals surface area contributed by atoms with Crippen LogP contribution in [0, 0.1) is 11.8 Å². The van der Waals surface area contributed by atoms with Crippen LogP contribution >= 0.6 is 0 Å². The Morgan fingerprint density at radius 1 is 0.879 bits per heavy atom. The minimum absolute atomic E-state index is 0.159. The number of hydrogen-bond donors (Lipinski definition) is 2. The zero-order valence-corrected chi connectivity index (χ0v) is 19.7. The highest BCUT2D eigenvalue weighted by Crippen LogP contribution is 2.36. The number of carboxylic acids is 1. The van der Waals surface area contributed by atoms with Crippen molar-refractivity contribution in [2.24, 2.45) is 17.6 Å². The number of carbonyl (C=O) groups is 1. The van der Waals surface area contributed by atoms with Gasteiger partial charge < -0.3 is 10.8 Å². The number of carboxylic acid groups (broad SMARTS) is 1. The van der Waals surface area contributed by atoms with Gasteiger partial charge in [0.2, 0.25) is 0 Å². The van der Waals surface area contributed by atoms with Gasteiger partial charge in [-0.05, 0) is 42.4 Å². The van der Waals surface area contributed by atoms with Crippen LogP contribution in [0.1, 0.15) is 49.4 Å². The second kappa shape index (κ2) is 12.3. The lowest BCUT2D eigenvalue weighted by molar-refractivity contribution is -0.142. The van der Waals surface area contributed by atoms with E-state index in [9.17, 15) is 9.90 Å². The minimum atomic E-state index is -0.649. The molecule has 174 valence electrons. The quantitative estimate of drug-likeness (QED) is 0.476. The highest BCUT2D eigenvalue weighted by molar-refractivity contribution is 5.70. The molecule has 0 amide bonds. The lowest BCUT2D eigenvalue weighted by atomic mass is 9.99. The third kappa shape index (κ3) is 7.55. The number of nitrogens with two attached hydrogens (primary N) is 1. The first-order chi connectivity index (χ1) is 15.9. The lowest BCUT2D eigenvalue weighted by Gasteiger charge is -2.29. The topological polar surface area (TPSA) is 66.6 Å². The van der Waals surface area contributed by atoms with Crippen molar-refractivity contribution in [3.05, 3.63) is 108 Å². The Bertz CT molecular complexity index is 919. The first kappa shape index (κ1) is 24.7. The molecule has 0 bridgehead atoms. The van der Waals surface area contributed by atoms with Crippen molar-refractivity contribution in [2.45, 2.75) is 51.9 Å². The van der Waals surface area contributed by atoms with Gasteiger partial charge in [-0.15, -0.1) is 0 Å². The van der Waals surface area contributed by atoms with Crippen LogP contribution in [0.25, 0.3) is 0 Å². The van der Waals surface area contributed by atoms with Gasteiger partial charge in [0.05, 0.1) is 5.92 Å². The molecule has 1 fully saturated rings. The molecule has 4 rings (SSSR count). The fourth-order valence-electron chi connectivity index (χ4n) is 4.56. The van der Waals surface area contributed by atoms with Gasteiger partial charge in [0.15, 0.2) is 0 Å². The Morgan fingerprint density at radius 3 is 1.70 bits per heavy atom. The van der Waals surface area contributed by atoms with Crippen LogP contribution < -0.4 is 5.73 Å². The molecule has 4 heteroatoms. The third-order valence-electron chi connectivity index (χ3n) is 6.47. The summed E-state index contributed by atoms with van der Waals surface area (Å²) in [5.41, 5.74) is 9.36. The van der Waals surface area contributed by atoms with Gasteiger partial charge in [-0.3, -0.25) is 9.69 Å². The maximum atomic E-state index is 11.5. The van der Waals surface area contributed by atoms with E-state index in [2.05, 4.69) is 60.4 Å².